The fourth-order valence-corrected chi connectivity index (χ4v) is 3.03. The minimum absolute atomic E-state index is 0.351. The van der Waals surface area contributed by atoms with Gasteiger partial charge < -0.3 is 5.32 Å². The summed E-state index contributed by atoms with van der Waals surface area (Å²) >= 11 is 5.31. The summed E-state index contributed by atoms with van der Waals surface area (Å²) in [5.74, 6) is 0. The van der Waals surface area contributed by atoms with Gasteiger partial charge in [0.15, 0.2) is 0 Å². The standard InChI is InChI=1S/C14H16BrNS/c1-10(12-5-3-6-13(15)9-12)16-11(2)14-7-4-8-17-14/h3-11,16H,1-2H3/t10-,11?/m1/s1. The molecule has 0 saturated heterocycles. The monoisotopic (exact) mass is 309 g/mol. The number of nitrogens with one attached hydrogen (secondary N) is 1. The first kappa shape index (κ1) is 12.8. The van der Waals surface area contributed by atoms with E-state index in [1.54, 1.807) is 11.3 Å². The first-order chi connectivity index (χ1) is 8.16. The fraction of sp³-hybridized carbons (Fsp3) is 0.286. The van der Waals surface area contributed by atoms with Gasteiger partial charge in [-0.05, 0) is 43.0 Å². The maximum absolute atomic E-state index is 3.62. The van der Waals surface area contributed by atoms with Crippen molar-refractivity contribution in [2.24, 2.45) is 0 Å². The van der Waals surface area contributed by atoms with Gasteiger partial charge in [0.2, 0.25) is 0 Å². The highest BCUT2D eigenvalue weighted by Crippen LogP contribution is 2.23. The van der Waals surface area contributed by atoms with Crippen LogP contribution in [0.25, 0.3) is 0 Å². The molecule has 3 heteroatoms. The first-order valence-electron chi connectivity index (χ1n) is 5.71. The van der Waals surface area contributed by atoms with Gasteiger partial charge in [0.05, 0.1) is 0 Å². The topological polar surface area (TPSA) is 12.0 Å². The zero-order chi connectivity index (χ0) is 12.3. The quantitative estimate of drug-likeness (QED) is 0.845. The molecule has 2 rings (SSSR count). The fourth-order valence-electron chi connectivity index (χ4n) is 1.87. The summed E-state index contributed by atoms with van der Waals surface area (Å²) in [4.78, 5) is 1.38. The van der Waals surface area contributed by atoms with E-state index in [4.69, 9.17) is 0 Å². The van der Waals surface area contributed by atoms with E-state index in [9.17, 15) is 0 Å². The van der Waals surface area contributed by atoms with Crippen LogP contribution in [-0.4, -0.2) is 0 Å². The molecule has 2 aromatic rings. The Kier molecular flexibility index (Phi) is 4.37. The molecule has 90 valence electrons. The Balaban J connectivity index is 2.04. The van der Waals surface area contributed by atoms with Crippen LogP contribution in [0.2, 0.25) is 0 Å². The molecule has 1 aromatic heterocycles. The lowest BCUT2D eigenvalue weighted by molar-refractivity contribution is 0.500. The van der Waals surface area contributed by atoms with Gasteiger partial charge in [0.25, 0.3) is 0 Å². The number of rotatable bonds is 4. The molecule has 0 radical (unpaired) electrons. The maximum Gasteiger partial charge on any atom is 0.0391 e. The molecule has 0 spiro atoms. The van der Waals surface area contributed by atoms with E-state index >= 15 is 0 Å². The minimum Gasteiger partial charge on any atom is -0.303 e. The van der Waals surface area contributed by atoms with Crippen molar-refractivity contribution in [2.75, 3.05) is 0 Å². The third-order valence-corrected chi connectivity index (χ3v) is 4.37. The lowest BCUT2D eigenvalue weighted by Crippen LogP contribution is -2.21. The second kappa shape index (κ2) is 5.80. The van der Waals surface area contributed by atoms with Crippen molar-refractivity contribution in [3.8, 4) is 0 Å². The molecule has 1 nitrogen and oxygen atoms in total. The highest BCUT2D eigenvalue weighted by molar-refractivity contribution is 9.10. The van der Waals surface area contributed by atoms with Crippen LogP contribution in [0.15, 0.2) is 46.3 Å². The molecule has 0 amide bonds. The largest absolute Gasteiger partial charge is 0.303 e. The third kappa shape index (κ3) is 3.41. The first-order valence-corrected chi connectivity index (χ1v) is 7.39. The van der Waals surface area contributed by atoms with Crippen LogP contribution in [0.5, 0.6) is 0 Å². The van der Waals surface area contributed by atoms with Crippen LogP contribution in [0, 0.1) is 0 Å². The van der Waals surface area contributed by atoms with Crippen molar-refractivity contribution in [1.82, 2.24) is 5.32 Å². The normalized spacial score (nSPS) is 14.5. The Morgan fingerprint density at radius 1 is 1.12 bits per heavy atom. The molecule has 17 heavy (non-hydrogen) atoms. The van der Waals surface area contributed by atoms with E-state index in [1.165, 1.54) is 10.4 Å². The number of thiophene rings is 1. The number of hydrogen-bond donors (Lipinski definition) is 1. The van der Waals surface area contributed by atoms with Crippen molar-refractivity contribution in [1.29, 1.82) is 0 Å². The van der Waals surface area contributed by atoms with Crippen LogP contribution in [0.1, 0.15) is 36.4 Å². The van der Waals surface area contributed by atoms with Crippen molar-refractivity contribution in [3.63, 3.8) is 0 Å². The van der Waals surface area contributed by atoms with Crippen molar-refractivity contribution in [2.45, 2.75) is 25.9 Å². The SMILES string of the molecule is CC(N[C@H](C)c1cccc(Br)c1)c1cccs1. The summed E-state index contributed by atoms with van der Waals surface area (Å²) in [7, 11) is 0. The van der Waals surface area contributed by atoms with E-state index in [0.29, 0.717) is 12.1 Å². The van der Waals surface area contributed by atoms with Crippen LogP contribution in [0.4, 0.5) is 0 Å². The molecule has 0 bridgehead atoms. The highest BCUT2D eigenvalue weighted by atomic mass is 79.9. The van der Waals surface area contributed by atoms with Gasteiger partial charge >= 0.3 is 0 Å². The van der Waals surface area contributed by atoms with Gasteiger partial charge in [-0.1, -0.05) is 34.1 Å². The molecule has 1 unspecified atom stereocenters. The summed E-state index contributed by atoms with van der Waals surface area (Å²) < 4.78 is 1.13. The lowest BCUT2D eigenvalue weighted by atomic mass is 10.1. The predicted octanol–water partition coefficient (Wildman–Crippen LogP) is 4.92. The summed E-state index contributed by atoms with van der Waals surface area (Å²) in [5.41, 5.74) is 1.31. The molecule has 0 aliphatic carbocycles. The molecule has 2 atom stereocenters. The third-order valence-electron chi connectivity index (χ3n) is 2.82. The van der Waals surface area contributed by atoms with E-state index in [2.05, 4.69) is 76.9 Å². The van der Waals surface area contributed by atoms with Crippen LogP contribution < -0.4 is 5.32 Å². The number of benzene rings is 1. The molecule has 1 N–H and O–H groups in total. The van der Waals surface area contributed by atoms with Gasteiger partial charge in [-0.2, -0.15) is 0 Å². The molecule has 0 aliphatic heterocycles. The second-order valence-electron chi connectivity index (χ2n) is 4.18. The summed E-state index contributed by atoms with van der Waals surface area (Å²) in [6, 6.07) is 13.5. The van der Waals surface area contributed by atoms with E-state index < -0.39 is 0 Å². The van der Waals surface area contributed by atoms with Gasteiger partial charge in [0.1, 0.15) is 0 Å². The Hall–Kier alpha value is -0.640. The Labute approximate surface area is 115 Å². The Morgan fingerprint density at radius 2 is 1.94 bits per heavy atom. The number of hydrogen-bond acceptors (Lipinski definition) is 2. The summed E-state index contributed by atoms with van der Waals surface area (Å²) in [6.07, 6.45) is 0. The predicted molar refractivity (Wildman–Crippen MR) is 78.4 cm³/mol. The van der Waals surface area contributed by atoms with Gasteiger partial charge in [-0.3, -0.25) is 0 Å². The average molecular weight is 310 g/mol. The molecule has 0 aliphatic rings. The summed E-state index contributed by atoms with van der Waals surface area (Å²) in [5, 5.41) is 5.74. The number of halogens is 1. The molecular weight excluding hydrogens is 294 g/mol. The molecule has 0 saturated carbocycles. The average Bonchev–Trinajstić information content (AvgIpc) is 2.82. The Morgan fingerprint density at radius 3 is 2.59 bits per heavy atom. The molecule has 0 fully saturated rings. The van der Waals surface area contributed by atoms with Crippen LogP contribution in [0.3, 0.4) is 0 Å². The molecule has 1 heterocycles. The molecule has 1 aromatic carbocycles. The molecular formula is C14H16BrNS. The van der Waals surface area contributed by atoms with Crippen LogP contribution in [-0.2, 0) is 0 Å². The van der Waals surface area contributed by atoms with Gasteiger partial charge in [0, 0.05) is 21.4 Å². The smallest absolute Gasteiger partial charge is 0.0391 e. The van der Waals surface area contributed by atoms with Crippen molar-refractivity contribution < 1.29 is 0 Å². The van der Waals surface area contributed by atoms with E-state index in [-0.39, 0.29) is 0 Å². The van der Waals surface area contributed by atoms with Gasteiger partial charge in [-0.25, -0.2) is 0 Å². The van der Waals surface area contributed by atoms with E-state index in [1.807, 2.05) is 0 Å². The minimum atomic E-state index is 0.351. The van der Waals surface area contributed by atoms with Crippen LogP contribution >= 0.6 is 27.3 Å². The zero-order valence-corrected chi connectivity index (χ0v) is 12.4. The van der Waals surface area contributed by atoms with Gasteiger partial charge in [-0.15, -0.1) is 11.3 Å². The highest BCUT2D eigenvalue weighted by Gasteiger charge is 2.11. The maximum atomic E-state index is 3.62. The lowest BCUT2D eigenvalue weighted by Gasteiger charge is -2.19. The zero-order valence-electron chi connectivity index (χ0n) is 9.98. The Bertz CT molecular complexity index is 467. The van der Waals surface area contributed by atoms with E-state index in [0.717, 1.165) is 4.47 Å². The summed E-state index contributed by atoms with van der Waals surface area (Å²) in [6.45, 7) is 4.41. The van der Waals surface area contributed by atoms with Crippen molar-refractivity contribution in [3.05, 3.63) is 56.7 Å². The second-order valence-corrected chi connectivity index (χ2v) is 6.08. The van der Waals surface area contributed by atoms with Crippen molar-refractivity contribution >= 4 is 27.3 Å².